The molecule has 1 aliphatic rings. The molecule has 0 aliphatic carbocycles. The Labute approximate surface area is 100 Å². The molecule has 0 fully saturated rings. The highest BCUT2D eigenvalue weighted by Crippen LogP contribution is 2.31. The maximum absolute atomic E-state index is 13.0. The predicted octanol–water partition coefficient (Wildman–Crippen LogP) is 2.45. The maximum atomic E-state index is 13.0. The van der Waals surface area contributed by atoms with Gasteiger partial charge in [-0.1, -0.05) is 19.9 Å². The number of hydrogen-bond donors (Lipinski definition) is 2. The van der Waals surface area contributed by atoms with Gasteiger partial charge in [-0.2, -0.15) is 0 Å². The highest BCUT2D eigenvalue weighted by atomic mass is 19.1. The summed E-state index contributed by atoms with van der Waals surface area (Å²) in [7, 11) is 0. The number of halogens is 1. The first-order valence-corrected chi connectivity index (χ1v) is 5.91. The molecule has 2 rings (SSSR count). The van der Waals surface area contributed by atoms with Gasteiger partial charge in [-0.15, -0.1) is 0 Å². The fourth-order valence-corrected chi connectivity index (χ4v) is 1.95. The molecular formula is C13H17FN2O. The van der Waals surface area contributed by atoms with Gasteiger partial charge in [0.1, 0.15) is 11.9 Å². The lowest BCUT2D eigenvalue weighted by Gasteiger charge is -2.12. The van der Waals surface area contributed by atoms with E-state index in [9.17, 15) is 9.18 Å². The van der Waals surface area contributed by atoms with Crippen LogP contribution in [0.15, 0.2) is 18.2 Å². The van der Waals surface area contributed by atoms with Crippen LogP contribution in [-0.2, 0) is 4.79 Å². The van der Waals surface area contributed by atoms with Gasteiger partial charge < -0.3 is 10.6 Å². The van der Waals surface area contributed by atoms with Crippen molar-refractivity contribution in [2.75, 3.05) is 11.9 Å². The Hall–Kier alpha value is -1.42. The Morgan fingerprint density at radius 1 is 1.47 bits per heavy atom. The van der Waals surface area contributed by atoms with Crippen molar-refractivity contribution < 1.29 is 9.18 Å². The van der Waals surface area contributed by atoms with Crippen LogP contribution in [0, 0.1) is 11.7 Å². The van der Waals surface area contributed by atoms with E-state index >= 15 is 0 Å². The Kier molecular flexibility index (Phi) is 3.43. The van der Waals surface area contributed by atoms with Crippen LogP contribution in [0.2, 0.25) is 0 Å². The molecule has 0 saturated heterocycles. The van der Waals surface area contributed by atoms with Crippen LogP contribution in [-0.4, -0.2) is 12.5 Å². The van der Waals surface area contributed by atoms with Crippen molar-refractivity contribution >= 4 is 11.6 Å². The van der Waals surface area contributed by atoms with E-state index < -0.39 is 0 Å². The van der Waals surface area contributed by atoms with E-state index in [1.54, 1.807) is 6.07 Å². The highest BCUT2D eigenvalue weighted by Gasteiger charge is 2.29. The quantitative estimate of drug-likeness (QED) is 0.843. The molecule has 1 heterocycles. The molecule has 0 spiro atoms. The lowest BCUT2D eigenvalue weighted by molar-refractivity contribution is -0.117. The fourth-order valence-electron chi connectivity index (χ4n) is 1.95. The third-order valence-corrected chi connectivity index (χ3v) is 2.92. The third kappa shape index (κ3) is 2.64. The van der Waals surface area contributed by atoms with Gasteiger partial charge in [0.15, 0.2) is 0 Å². The minimum absolute atomic E-state index is 0.102. The Morgan fingerprint density at radius 3 is 2.94 bits per heavy atom. The molecule has 1 atom stereocenters. The molecule has 0 bridgehead atoms. The summed E-state index contributed by atoms with van der Waals surface area (Å²) in [6.07, 6.45) is 1.01. The number of rotatable bonds is 4. The van der Waals surface area contributed by atoms with Crippen LogP contribution in [0.4, 0.5) is 10.1 Å². The van der Waals surface area contributed by atoms with Gasteiger partial charge in [0.2, 0.25) is 5.91 Å². The Balaban J connectivity index is 2.07. The van der Waals surface area contributed by atoms with Crippen molar-refractivity contribution in [1.82, 2.24) is 5.32 Å². The molecule has 3 nitrogen and oxygen atoms in total. The first-order valence-electron chi connectivity index (χ1n) is 5.91. The zero-order valence-corrected chi connectivity index (χ0v) is 10.1. The number of fused-ring (bicyclic) bond motifs is 1. The predicted molar refractivity (Wildman–Crippen MR) is 65.2 cm³/mol. The zero-order valence-electron chi connectivity index (χ0n) is 10.1. The molecule has 1 aliphatic heterocycles. The van der Waals surface area contributed by atoms with Crippen LogP contribution < -0.4 is 10.6 Å². The molecule has 1 amide bonds. The van der Waals surface area contributed by atoms with Gasteiger partial charge in [-0.25, -0.2) is 4.39 Å². The van der Waals surface area contributed by atoms with Crippen molar-refractivity contribution in [1.29, 1.82) is 0 Å². The van der Waals surface area contributed by atoms with Crippen molar-refractivity contribution in [2.45, 2.75) is 26.3 Å². The second kappa shape index (κ2) is 4.84. The van der Waals surface area contributed by atoms with Crippen LogP contribution >= 0.6 is 0 Å². The number of nitrogens with one attached hydrogen (secondary N) is 2. The molecule has 0 saturated carbocycles. The summed E-state index contributed by atoms with van der Waals surface area (Å²) in [5.74, 6) is 0.167. The molecule has 0 radical (unpaired) electrons. The molecule has 4 heteroatoms. The molecule has 2 N–H and O–H groups in total. The van der Waals surface area contributed by atoms with Crippen LogP contribution in [0.25, 0.3) is 0 Å². The summed E-state index contributed by atoms with van der Waals surface area (Å²) in [5.41, 5.74) is 1.41. The first kappa shape index (κ1) is 12.0. The van der Waals surface area contributed by atoms with E-state index in [1.165, 1.54) is 12.1 Å². The van der Waals surface area contributed by atoms with E-state index in [0.717, 1.165) is 18.5 Å². The van der Waals surface area contributed by atoms with E-state index in [1.807, 2.05) is 0 Å². The van der Waals surface area contributed by atoms with Gasteiger partial charge in [0.25, 0.3) is 0 Å². The van der Waals surface area contributed by atoms with E-state index in [4.69, 9.17) is 0 Å². The van der Waals surface area contributed by atoms with E-state index in [0.29, 0.717) is 11.6 Å². The lowest BCUT2D eigenvalue weighted by Crippen LogP contribution is -2.28. The van der Waals surface area contributed by atoms with Gasteiger partial charge in [-0.3, -0.25) is 4.79 Å². The van der Waals surface area contributed by atoms with Crippen LogP contribution in [0.5, 0.6) is 0 Å². The number of carbonyl (C=O) groups is 1. The molecule has 1 aromatic carbocycles. The average molecular weight is 236 g/mol. The summed E-state index contributed by atoms with van der Waals surface area (Å²) < 4.78 is 13.0. The maximum Gasteiger partial charge on any atom is 0.246 e. The monoisotopic (exact) mass is 236 g/mol. The second-order valence-corrected chi connectivity index (χ2v) is 4.79. The summed E-state index contributed by atoms with van der Waals surface area (Å²) >= 11 is 0. The number of hydrogen-bond acceptors (Lipinski definition) is 2. The van der Waals surface area contributed by atoms with Crippen molar-refractivity contribution in [2.24, 2.45) is 5.92 Å². The zero-order chi connectivity index (χ0) is 12.4. The molecule has 1 unspecified atom stereocenters. The fraction of sp³-hybridized carbons (Fsp3) is 0.462. The molecule has 0 aromatic heterocycles. The summed E-state index contributed by atoms with van der Waals surface area (Å²) in [6, 6.07) is 4.06. The van der Waals surface area contributed by atoms with E-state index in [-0.39, 0.29) is 17.8 Å². The molecule has 1 aromatic rings. The number of anilines is 1. The van der Waals surface area contributed by atoms with Gasteiger partial charge in [-0.05, 0) is 31.0 Å². The minimum Gasteiger partial charge on any atom is -0.324 e. The summed E-state index contributed by atoms with van der Waals surface area (Å²) in [4.78, 5) is 11.7. The summed E-state index contributed by atoms with van der Waals surface area (Å²) in [6.45, 7) is 5.06. The standard InChI is InChI=1S/C13H17FN2O/c1-8(2)5-6-15-12-10-4-3-9(14)7-11(10)16-13(12)17/h3-4,7-8,12,15H,5-6H2,1-2H3,(H,16,17). The van der Waals surface area contributed by atoms with Gasteiger partial charge in [0.05, 0.1) is 0 Å². The van der Waals surface area contributed by atoms with Crippen LogP contribution in [0.1, 0.15) is 31.9 Å². The number of benzene rings is 1. The highest BCUT2D eigenvalue weighted by molar-refractivity contribution is 6.02. The van der Waals surface area contributed by atoms with Crippen LogP contribution in [0.3, 0.4) is 0 Å². The van der Waals surface area contributed by atoms with Gasteiger partial charge >= 0.3 is 0 Å². The van der Waals surface area contributed by atoms with Crippen molar-refractivity contribution in [3.63, 3.8) is 0 Å². The van der Waals surface area contributed by atoms with Gasteiger partial charge in [0, 0.05) is 11.3 Å². The number of carbonyl (C=O) groups excluding carboxylic acids is 1. The average Bonchev–Trinajstić information content (AvgIpc) is 2.54. The molecular weight excluding hydrogens is 219 g/mol. The smallest absolute Gasteiger partial charge is 0.246 e. The summed E-state index contributed by atoms with van der Waals surface area (Å²) in [5, 5.41) is 5.89. The van der Waals surface area contributed by atoms with E-state index in [2.05, 4.69) is 24.5 Å². The Morgan fingerprint density at radius 2 is 2.24 bits per heavy atom. The lowest BCUT2D eigenvalue weighted by atomic mass is 10.1. The number of amides is 1. The third-order valence-electron chi connectivity index (χ3n) is 2.92. The minimum atomic E-state index is -0.343. The SMILES string of the molecule is CC(C)CCNC1C(=O)Nc2cc(F)ccc21. The topological polar surface area (TPSA) is 41.1 Å². The van der Waals surface area contributed by atoms with Crippen molar-refractivity contribution in [3.8, 4) is 0 Å². The van der Waals surface area contributed by atoms with Crippen molar-refractivity contribution in [3.05, 3.63) is 29.6 Å². The normalized spacial score (nSPS) is 18.4. The Bertz CT molecular complexity index is 431. The first-order chi connectivity index (χ1) is 8.08. The second-order valence-electron chi connectivity index (χ2n) is 4.79. The largest absolute Gasteiger partial charge is 0.324 e. The molecule has 17 heavy (non-hydrogen) atoms. The molecule has 92 valence electrons.